The van der Waals surface area contributed by atoms with Gasteiger partial charge in [0.25, 0.3) is 0 Å². The lowest BCUT2D eigenvalue weighted by Crippen LogP contribution is -2.53. The number of rotatable bonds is 3. The highest BCUT2D eigenvalue weighted by Crippen LogP contribution is 2.55. The van der Waals surface area contributed by atoms with Gasteiger partial charge in [-0.2, -0.15) is 0 Å². The molecule has 5 rings (SSSR count). The first-order valence-corrected chi connectivity index (χ1v) is 11.7. The standard InChI is InChI=1S/C26H23ClFN3O4/c1-3-35-24(33)22-23(29)31(14-8-9-17(28)16(27)12-14)19-5-4-6-20(32)21(19)26(22)15-11-13(2)7-10-18(15)30-25(26)34/h7-12H,3-6,29H2,1-2H3,(H,30,34). The predicted octanol–water partition coefficient (Wildman–Crippen LogP) is 4.24. The zero-order valence-corrected chi connectivity index (χ0v) is 20.0. The SMILES string of the molecule is CCOC(=O)C1=C(N)N(c2ccc(F)c(Cl)c2)C2=C(C(=O)CCC2)C12C(=O)Nc1ccc(C)cc12. The van der Waals surface area contributed by atoms with E-state index in [1.54, 1.807) is 19.1 Å². The van der Waals surface area contributed by atoms with E-state index in [0.29, 0.717) is 35.5 Å². The Morgan fingerprint density at radius 3 is 2.71 bits per heavy atom. The molecule has 0 aromatic heterocycles. The second-order valence-corrected chi connectivity index (χ2v) is 9.17. The van der Waals surface area contributed by atoms with Crippen LogP contribution in [0.4, 0.5) is 15.8 Å². The average molecular weight is 496 g/mol. The molecule has 2 aromatic carbocycles. The molecule has 180 valence electrons. The van der Waals surface area contributed by atoms with Crippen LogP contribution >= 0.6 is 11.6 Å². The van der Waals surface area contributed by atoms with E-state index in [0.717, 1.165) is 5.56 Å². The number of hydrogen-bond acceptors (Lipinski definition) is 6. The van der Waals surface area contributed by atoms with Crippen LogP contribution in [-0.4, -0.2) is 24.3 Å². The van der Waals surface area contributed by atoms with Crippen LogP contribution in [-0.2, 0) is 24.5 Å². The van der Waals surface area contributed by atoms with Gasteiger partial charge in [0.2, 0.25) is 5.91 Å². The van der Waals surface area contributed by atoms with E-state index in [2.05, 4.69) is 5.32 Å². The summed E-state index contributed by atoms with van der Waals surface area (Å²) in [4.78, 5) is 42.5. The van der Waals surface area contributed by atoms with Crippen molar-refractivity contribution in [2.24, 2.45) is 5.73 Å². The number of aryl methyl sites for hydroxylation is 1. The normalized spacial score (nSPS) is 21.3. The van der Waals surface area contributed by atoms with E-state index < -0.39 is 23.1 Å². The highest BCUT2D eigenvalue weighted by molar-refractivity contribution is 6.31. The topological polar surface area (TPSA) is 102 Å². The molecule has 2 heterocycles. The van der Waals surface area contributed by atoms with E-state index >= 15 is 0 Å². The third-order valence-electron chi connectivity index (χ3n) is 6.71. The number of fused-ring (bicyclic) bond motifs is 3. The van der Waals surface area contributed by atoms with Crippen molar-refractivity contribution in [3.8, 4) is 0 Å². The minimum absolute atomic E-state index is 0.0379. The summed E-state index contributed by atoms with van der Waals surface area (Å²) in [5.74, 6) is -2.29. The van der Waals surface area contributed by atoms with E-state index in [-0.39, 0.29) is 40.8 Å². The minimum atomic E-state index is -1.76. The number of nitrogens with one attached hydrogen (secondary N) is 1. The summed E-state index contributed by atoms with van der Waals surface area (Å²) in [5, 5.41) is 2.70. The Morgan fingerprint density at radius 2 is 2.00 bits per heavy atom. The number of benzene rings is 2. The Hall–Kier alpha value is -3.65. The summed E-state index contributed by atoms with van der Waals surface area (Å²) in [6.45, 7) is 3.54. The number of amides is 1. The number of ketones is 1. The first-order chi connectivity index (χ1) is 16.7. The van der Waals surface area contributed by atoms with Gasteiger partial charge in [0.1, 0.15) is 22.6 Å². The summed E-state index contributed by atoms with van der Waals surface area (Å²) in [6.07, 6.45) is 1.16. The zero-order chi connectivity index (χ0) is 25.1. The van der Waals surface area contributed by atoms with Crippen molar-refractivity contribution < 1.29 is 23.5 Å². The quantitative estimate of drug-likeness (QED) is 0.618. The number of carbonyl (C=O) groups is 3. The first kappa shape index (κ1) is 23.1. The van der Waals surface area contributed by atoms with E-state index in [1.807, 2.05) is 13.0 Å². The molecule has 7 nitrogen and oxygen atoms in total. The molecule has 2 aliphatic heterocycles. The number of carbonyl (C=O) groups excluding carboxylic acids is 3. The number of halogens is 2. The third kappa shape index (κ3) is 3.20. The van der Waals surface area contributed by atoms with Crippen LogP contribution in [0, 0.1) is 12.7 Å². The number of ether oxygens (including phenoxy) is 1. The van der Waals surface area contributed by atoms with E-state index in [4.69, 9.17) is 22.1 Å². The predicted molar refractivity (Wildman–Crippen MR) is 129 cm³/mol. The molecule has 1 aliphatic carbocycles. The fourth-order valence-corrected chi connectivity index (χ4v) is 5.52. The van der Waals surface area contributed by atoms with E-state index in [1.165, 1.54) is 23.1 Å². The van der Waals surface area contributed by atoms with Gasteiger partial charge >= 0.3 is 5.97 Å². The lowest BCUT2D eigenvalue weighted by atomic mass is 9.63. The van der Waals surface area contributed by atoms with E-state index in [9.17, 15) is 18.8 Å². The number of nitrogens with two attached hydrogens (primary N) is 1. The summed E-state index contributed by atoms with van der Waals surface area (Å²) in [7, 11) is 0. The average Bonchev–Trinajstić information content (AvgIpc) is 3.08. The van der Waals surface area contributed by atoms with Gasteiger partial charge in [0.05, 0.1) is 11.6 Å². The van der Waals surface area contributed by atoms with Gasteiger partial charge in [-0.25, -0.2) is 9.18 Å². The molecule has 1 atom stereocenters. The van der Waals surface area contributed by atoms with Crippen LogP contribution in [0.5, 0.6) is 0 Å². The molecule has 0 fully saturated rings. The van der Waals surface area contributed by atoms with Gasteiger partial charge in [-0.1, -0.05) is 29.3 Å². The number of esters is 1. The van der Waals surface area contributed by atoms with Crippen LogP contribution in [0.15, 0.2) is 59.1 Å². The molecule has 3 N–H and O–H groups in total. The van der Waals surface area contributed by atoms with Crippen LogP contribution in [0.25, 0.3) is 0 Å². The monoisotopic (exact) mass is 495 g/mol. The fourth-order valence-electron chi connectivity index (χ4n) is 5.34. The summed E-state index contributed by atoms with van der Waals surface area (Å²) >= 11 is 6.06. The number of nitrogens with zero attached hydrogens (tertiary/aromatic N) is 1. The van der Waals surface area contributed by atoms with Crippen LogP contribution < -0.4 is 16.0 Å². The highest BCUT2D eigenvalue weighted by Gasteiger charge is 2.62. The van der Waals surface area contributed by atoms with Crippen molar-refractivity contribution in [2.45, 2.75) is 38.5 Å². The van der Waals surface area contributed by atoms with Crippen LogP contribution in [0.2, 0.25) is 5.02 Å². The Balaban J connectivity index is 1.90. The van der Waals surface area contributed by atoms with Crippen molar-refractivity contribution >= 4 is 40.6 Å². The van der Waals surface area contributed by atoms with Gasteiger partial charge in [-0.3, -0.25) is 14.5 Å². The molecule has 2 aromatic rings. The van der Waals surface area contributed by atoms with Gasteiger partial charge in [-0.15, -0.1) is 0 Å². The van der Waals surface area contributed by atoms with Crippen molar-refractivity contribution in [2.75, 3.05) is 16.8 Å². The number of hydrogen-bond donors (Lipinski definition) is 2. The zero-order valence-electron chi connectivity index (χ0n) is 19.2. The molecule has 1 spiro atoms. The molecule has 0 saturated heterocycles. The number of Topliss-reactive ketones (excluding diaryl/α,β-unsaturated/α-hetero) is 1. The second kappa shape index (κ2) is 8.23. The maximum absolute atomic E-state index is 14.0. The molecule has 0 saturated carbocycles. The van der Waals surface area contributed by atoms with Gasteiger partial charge < -0.3 is 15.8 Å². The van der Waals surface area contributed by atoms with Crippen molar-refractivity contribution in [1.82, 2.24) is 0 Å². The molecular formula is C26H23ClFN3O4. The smallest absolute Gasteiger partial charge is 0.339 e. The molecule has 1 amide bonds. The Kier molecular flexibility index (Phi) is 5.44. The fraction of sp³-hybridized carbons (Fsp3) is 0.269. The maximum Gasteiger partial charge on any atom is 0.339 e. The lowest BCUT2D eigenvalue weighted by molar-refractivity contribution is -0.140. The molecule has 35 heavy (non-hydrogen) atoms. The summed E-state index contributed by atoms with van der Waals surface area (Å²) in [5.41, 5.74) is 7.64. The number of allylic oxidation sites excluding steroid dienone is 1. The largest absolute Gasteiger partial charge is 0.462 e. The third-order valence-corrected chi connectivity index (χ3v) is 7.00. The van der Waals surface area contributed by atoms with Crippen LogP contribution in [0.3, 0.4) is 0 Å². The molecule has 3 aliphatic rings. The maximum atomic E-state index is 14.0. The van der Waals surface area contributed by atoms with Gasteiger partial charge in [0, 0.05) is 34.6 Å². The second-order valence-electron chi connectivity index (χ2n) is 8.77. The lowest BCUT2D eigenvalue weighted by Gasteiger charge is -2.44. The minimum Gasteiger partial charge on any atom is -0.462 e. The highest BCUT2D eigenvalue weighted by atomic mass is 35.5. The van der Waals surface area contributed by atoms with Crippen molar-refractivity contribution in [3.63, 3.8) is 0 Å². The summed E-state index contributed by atoms with van der Waals surface area (Å²) in [6, 6.07) is 9.40. The Bertz CT molecular complexity index is 1380. The van der Waals surface area contributed by atoms with Gasteiger partial charge in [0.15, 0.2) is 5.78 Å². The van der Waals surface area contributed by atoms with Crippen molar-refractivity contribution in [3.05, 3.63) is 81.0 Å². The molecular weight excluding hydrogens is 473 g/mol. The van der Waals surface area contributed by atoms with Crippen molar-refractivity contribution in [1.29, 1.82) is 0 Å². The summed E-state index contributed by atoms with van der Waals surface area (Å²) < 4.78 is 19.3. The molecule has 0 bridgehead atoms. The Morgan fingerprint density at radius 1 is 1.23 bits per heavy atom. The number of anilines is 2. The Labute approximate surface area is 206 Å². The molecule has 9 heteroatoms. The molecule has 1 unspecified atom stereocenters. The van der Waals surface area contributed by atoms with Crippen LogP contribution in [0.1, 0.15) is 37.3 Å². The first-order valence-electron chi connectivity index (χ1n) is 11.3. The molecule has 0 radical (unpaired) electrons. The van der Waals surface area contributed by atoms with Gasteiger partial charge in [-0.05, 0) is 51.0 Å².